The highest BCUT2D eigenvalue weighted by molar-refractivity contribution is 7.80. The molecule has 3 aromatic heterocycles. The van der Waals surface area contributed by atoms with E-state index in [0.29, 0.717) is 6.54 Å². The average Bonchev–Trinajstić information content (AvgIpc) is 3.36. The topological polar surface area (TPSA) is 58.5 Å². The van der Waals surface area contributed by atoms with E-state index in [1.807, 2.05) is 36.7 Å². The molecule has 0 unspecified atom stereocenters. The van der Waals surface area contributed by atoms with Crippen molar-refractivity contribution in [3.63, 3.8) is 0 Å². The summed E-state index contributed by atoms with van der Waals surface area (Å²) in [6.07, 6.45) is 4.82. The van der Waals surface area contributed by atoms with E-state index in [2.05, 4.69) is 61.7 Å². The molecule has 0 aliphatic carbocycles. The zero-order chi connectivity index (χ0) is 24.2. The molecule has 0 aromatic carbocycles. The van der Waals surface area contributed by atoms with Gasteiger partial charge in [-0.15, -0.1) is 0 Å². The number of ether oxygens (including phenoxy) is 1. The number of aromatic nitrogens is 3. The van der Waals surface area contributed by atoms with E-state index in [4.69, 9.17) is 17.0 Å². The van der Waals surface area contributed by atoms with Crippen molar-refractivity contribution in [3.8, 4) is 0 Å². The number of rotatable bonds is 8. The molecule has 1 N–H and O–H groups in total. The molecule has 2 saturated heterocycles. The van der Waals surface area contributed by atoms with Crippen LogP contribution in [0.2, 0.25) is 0 Å². The summed E-state index contributed by atoms with van der Waals surface area (Å²) in [5.41, 5.74) is 5.89. The summed E-state index contributed by atoms with van der Waals surface area (Å²) in [4.78, 5) is 14.0. The summed E-state index contributed by atoms with van der Waals surface area (Å²) in [7, 11) is 0. The maximum Gasteiger partial charge on any atom is 0.170 e. The van der Waals surface area contributed by atoms with E-state index >= 15 is 0 Å². The number of nitrogens with one attached hydrogen (secondary N) is 1. The molecule has 0 spiro atoms. The van der Waals surface area contributed by atoms with Gasteiger partial charge in [-0.3, -0.25) is 14.9 Å². The predicted octanol–water partition coefficient (Wildman–Crippen LogP) is 3.79. The molecule has 5 rings (SSSR count). The third-order valence-electron chi connectivity index (χ3n) is 7.15. The van der Waals surface area contributed by atoms with Crippen LogP contribution < -0.4 is 5.32 Å². The summed E-state index contributed by atoms with van der Waals surface area (Å²) in [6, 6.07) is 14.5. The molecule has 7 nitrogen and oxygen atoms in total. The molecule has 0 radical (unpaired) electrons. The maximum atomic E-state index is 5.86. The molecule has 184 valence electrons. The second-order valence-electron chi connectivity index (χ2n) is 9.36. The van der Waals surface area contributed by atoms with Crippen molar-refractivity contribution >= 4 is 17.3 Å². The summed E-state index contributed by atoms with van der Waals surface area (Å²) in [5.74, 6) is 0. The summed E-state index contributed by atoms with van der Waals surface area (Å²) in [5, 5.41) is 4.31. The first kappa shape index (κ1) is 23.9. The fourth-order valence-electron chi connectivity index (χ4n) is 5.33. The van der Waals surface area contributed by atoms with E-state index < -0.39 is 0 Å². The molecule has 0 amide bonds. The molecule has 5 heterocycles. The highest BCUT2D eigenvalue weighted by Crippen LogP contribution is 2.41. The smallest absolute Gasteiger partial charge is 0.170 e. The van der Waals surface area contributed by atoms with Gasteiger partial charge < -0.3 is 19.5 Å². The van der Waals surface area contributed by atoms with Crippen LogP contribution in [0.25, 0.3) is 0 Å². The van der Waals surface area contributed by atoms with Crippen LogP contribution in [0.5, 0.6) is 0 Å². The lowest BCUT2D eigenvalue weighted by Gasteiger charge is -2.28. The second-order valence-corrected chi connectivity index (χ2v) is 9.75. The zero-order valence-corrected chi connectivity index (χ0v) is 21.4. The van der Waals surface area contributed by atoms with Crippen molar-refractivity contribution in [3.05, 3.63) is 83.2 Å². The predicted molar refractivity (Wildman–Crippen MR) is 141 cm³/mol. The van der Waals surface area contributed by atoms with Crippen molar-refractivity contribution in [2.24, 2.45) is 0 Å². The van der Waals surface area contributed by atoms with E-state index in [9.17, 15) is 0 Å². The Bertz CT molecular complexity index is 1130. The average molecular weight is 491 g/mol. The molecular formula is C27H34N6OS. The SMILES string of the molecule is Cc1cc([C@@H]2[C@H](c3ccccn3)NC(=S)N2Cc2ccccn2)c(C)n1CCCN1CCOCC1. The Labute approximate surface area is 213 Å². The molecule has 0 saturated carbocycles. The van der Waals surface area contributed by atoms with Crippen molar-refractivity contribution in [2.45, 2.75) is 45.4 Å². The third-order valence-corrected chi connectivity index (χ3v) is 7.50. The lowest BCUT2D eigenvalue weighted by molar-refractivity contribution is 0.0369. The van der Waals surface area contributed by atoms with Gasteiger partial charge in [0, 0.05) is 50.0 Å². The summed E-state index contributed by atoms with van der Waals surface area (Å²) < 4.78 is 7.96. The van der Waals surface area contributed by atoms with E-state index in [1.54, 1.807) is 0 Å². The number of pyridine rings is 2. The maximum absolute atomic E-state index is 5.86. The minimum absolute atomic E-state index is 0.0188. The molecule has 35 heavy (non-hydrogen) atoms. The summed E-state index contributed by atoms with van der Waals surface area (Å²) >= 11 is 5.86. The minimum atomic E-state index is -0.0188. The first-order chi connectivity index (χ1) is 17.1. The van der Waals surface area contributed by atoms with Crippen LogP contribution in [-0.4, -0.2) is 62.3 Å². The van der Waals surface area contributed by atoms with Gasteiger partial charge in [0.05, 0.1) is 43.2 Å². The van der Waals surface area contributed by atoms with Gasteiger partial charge in [0.2, 0.25) is 0 Å². The molecule has 8 heteroatoms. The first-order valence-electron chi connectivity index (χ1n) is 12.5. The van der Waals surface area contributed by atoms with Gasteiger partial charge in [-0.05, 0) is 68.4 Å². The number of morpholine rings is 1. The van der Waals surface area contributed by atoms with Gasteiger partial charge in [0.25, 0.3) is 0 Å². The van der Waals surface area contributed by atoms with Crippen molar-refractivity contribution < 1.29 is 4.74 Å². The Morgan fingerprint density at radius 3 is 2.51 bits per heavy atom. The summed E-state index contributed by atoms with van der Waals surface area (Å²) in [6.45, 7) is 11.0. The van der Waals surface area contributed by atoms with Crippen LogP contribution in [0.15, 0.2) is 54.9 Å². The second kappa shape index (κ2) is 10.8. The Hall–Kier alpha value is -2.81. The highest BCUT2D eigenvalue weighted by Gasteiger charge is 2.41. The zero-order valence-electron chi connectivity index (χ0n) is 20.6. The van der Waals surface area contributed by atoms with Crippen LogP contribution in [-0.2, 0) is 17.8 Å². The van der Waals surface area contributed by atoms with E-state index in [-0.39, 0.29) is 12.1 Å². The number of hydrogen-bond donors (Lipinski definition) is 1. The standard InChI is InChI=1S/C27H34N6OS/c1-20-18-23(21(2)32(20)13-7-12-31-14-16-34-17-15-31)26-25(24-9-4-6-11-29-24)30-27(35)33(26)19-22-8-3-5-10-28-22/h3-6,8-11,18,25-26H,7,12-17,19H2,1-2H3,(H,30,35)/t25-,26+/m0/s1. The fraction of sp³-hybridized carbons (Fsp3) is 0.444. The van der Waals surface area contributed by atoms with Crippen LogP contribution in [0.1, 0.15) is 46.8 Å². The molecule has 2 aliphatic heterocycles. The molecule has 3 aromatic rings. The highest BCUT2D eigenvalue weighted by atomic mass is 32.1. The lowest BCUT2D eigenvalue weighted by Crippen LogP contribution is -2.37. The van der Waals surface area contributed by atoms with Crippen molar-refractivity contribution in [1.29, 1.82) is 0 Å². The number of hydrogen-bond acceptors (Lipinski definition) is 5. The van der Waals surface area contributed by atoms with Crippen molar-refractivity contribution in [1.82, 2.24) is 29.7 Å². The van der Waals surface area contributed by atoms with Gasteiger partial charge in [0.15, 0.2) is 5.11 Å². The van der Waals surface area contributed by atoms with Gasteiger partial charge in [-0.2, -0.15) is 0 Å². The van der Waals surface area contributed by atoms with E-state index in [0.717, 1.165) is 62.3 Å². The fourth-order valence-corrected chi connectivity index (χ4v) is 5.63. The van der Waals surface area contributed by atoms with E-state index in [1.165, 1.54) is 17.0 Å². The van der Waals surface area contributed by atoms with Gasteiger partial charge in [-0.1, -0.05) is 12.1 Å². The van der Waals surface area contributed by atoms with Crippen molar-refractivity contribution in [2.75, 3.05) is 32.8 Å². The Morgan fingerprint density at radius 1 is 1.03 bits per heavy atom. The monoisotopic (exact) mass is 490 g/mol. The third kappa shape index (κ3) is 5.24. The van der Waals surface area contributed by atoms with Gasteiger partial charge in [-0.25, -0.2) is 0 Å². The number of aryl methyl sites for hydroxylation is 1. The number of thiocarbonyl (C=S) groups is 1. The first-order valence-corrected chi connectivity index (χ1v) is 12.9. The molecule has 2 aliphatic rings. The molecule has 2 fully saturated rings. The van der Waals surface area contributed by atoms with Gasteiger partial charge >= 0.3 is 0 Å². The van der Waals surface area contributed by atoms with Crippen LogP contribution in [0.4, 0.5) is 0 Å². The number of nitrogens with zero attached hydrogens (tertiary/aromatic N) is 5. The quantitative estimate of drug-likeness (QED) is 0.482. The Balaban J connectivity index is 1.42. The molecule has 2 atom stereocenters. The lowest BCUT2D eigenvalue weighted by atomic mass is 9.96. The normalized spacial score (nSPS) is 20.9. The van der Waals surface area contributed by atoms with Crippen LogP contribution in [0, 0.1) is 13.8 Å². The minimum Gasteiger partial charge on any atom is -0.379 e. The van der Waals surface area contributed by atoms with Crippen LogP contribution in [0.3, 0.4) is 0 Å². The van der Waals surface area contributed by atoms with Crippen LogP contribution >= 0.6 is 12.2 Å². The molecular weight excluding hydrogens is 456 g/mol. The Morgan fingerprint density at radius 2 is 1.80 bits per heavy atom. The Kier molecular flexibility index (Phi) is 7.41. The largest absolute Gasteiger partial charge is 0.379 e. The molecule has 0 bridgehead atoms. The van der Waals surface area contributed by atoms with Gasteiger partial charge in [0.1, 0.15) is 0 Å².